The zero-order valence-electron chi connectivity index (χ0n) is 10.1. The fraction of sp³-hybridized carbons (Fsp3) is 0.917. The van der Waals surface area contributed by atoms with Crippen LogP contribution in [0.15, 0.2) is 0 Å². The molecule has 1 aliphatic rings. The number of carbonyl (C=O) groups is 1. The van der Waals surface area contributed by atoms with Crippen LogP contribution >= 0.6 is 0 Å². The number of rotatable bonds is 4. The summed E-state index contributed by atoms with van der Waals surface area (Å²) in [5.41, 5.74) is 0. The summed E-state index contributed by atoms with van der Waals surface area (Å²) in [5, 5.41) is 9.24. The van der Waals surface area contributed by atoms with Crippen molar-refractivity contribution in [1.82, 2.24) is 4.90 Å². The molecule has 0 amide bonds. The number of aliphatic carboxylic acids is 1. The van der Waals surface area contributed by atoms with E-state index in [-0.39, 0.29) is 5.92 Å². The largest absolute Gasteiger partial charge is 0.481 e. The highest BCUT2D eigenvalue weighted by atomic mass is 16.4. The predicted octanol–water partition coefficient (Wildman–Crippen LogP) is 2.08. The van der Waals surface area contributed by atoms with Crippen LogP contribution < -0.4 is 0 Å². The van der Waals surface area contributed by atoms with Gasteiger partial charge in [0, 0.05) is 6.54 Å². The first kappa shape index (κ1) is 12.5. The summed E-state index contributed by atoms with van der Waals surface area (Å²) in [6.07, 6.45) is 3.03. The predicted molar refractivity (Wildman–Crippen MR) is 60.8 cm³/mol. The minimum Gasteiger partial charge on any atom is -0.481 e. The van der Waals surface area contributed by atoms with E-state index in [4.69, 9.17) is 0 Å². The molecule has 1 fully saturated rings. The number of carboxylic acid groups (broad SMARTS) is 1. The molecule has 1 rings (SSSR count). The van der Waals surface area contributed by atoms with Gasteiger partial charge in [0.2, 0.25) is 0 Å². The molecule has 3 nitrogen and oxygen atoms in total. The first-order valence-corrected chi connectivity index (χ1v) is 5.92. The summed E-state index contributed by atoms with van der Waals surface area (Å²) in [5.74, 6) is 0.0683. The van der Waals surface area contributed by atoms with Crippen molar-refractivity contribution in [3.63, 3.8) is 0 Å². The van der Waals surface area contributed by atoms with Gasteiger partial charge in [-0.15, -0.1) is 0 Å². The lowest BCUT2D eigenvalue weighted by atomic mass is 9.81. The zero-order chi connectivity index (χ0) is 11.4. The summed E-state index contributed by atoms with van der Waals surface area (Å²) in [4.78, 5) is 13.5. The third-order valence-corrected chi connectivity index (χ3v) is 3.27. The van der Waals surface area contributed by atoms with Crippen molar-refractivity contribution >= 4 is 5.97 Å². The Bertz CT molecular complexity index is 216. The fourth-order valence-corrected chi connectivity index (χ4v) is 2.54. The topological polar surface area (TPSA) is 40.5 Å². The second-order valence-corrected chi connectivity index (χ2v) is 5.24. The molecule has 0 aromatic heterocycles. The smallest absolute Gasteiger partial charge is 0.306 e. The van der Waals surface area contributed by atoms with Crippen molar-refractivity contribution < 1.29 is 9.90 Å². The maximum Gasteiger partial charge on any atom is 0.306 e. The minimum absolute atomic E-state index is 0.146. The number of likely N-dealkylation sites (tertiary alicyclic amines) is 1. The van der Waals surface area contributed by atoms with Gasteiger partial charge in [0.25, 0.3) is 0 Å². The maximum atomic E-state index is 11.2. The van der Waals surface area contributed by atoms with E-state index in [9.17, 15) is 9.90 Å². The summed E-state index contributed by atoms with van der Waals surface area (Å²) in [7, 11) is 2.08. The summed E-state index contributed by atoms with van der Waals surface area (Å²) >= 11 is 0. The van der Waals surface area contributed by atoms with Crippen LogP contribution in [0, 0.1) is 17.8 Å². The van der Waals surface area contributed by atoms with E-state index in [0.29, 0.717) is 11.8 Å². The van der Waals surface area contributed by atoms with E-state index in [0.717, 1.165) is 32.4 Å². The van der Waals surface area contributed by atoms with Gasteiger partial charge in [-0.05, 0) is 44.7 Å². The first-order chi connectivity index (χ1) is 7.00. The minimum atomic E-state index is -0.607. The van der Waals surface area contributed by atoms with Gasteiger partial charge in [0.1, 0.15) is 0 Å². The third-order valence-electron chi connectivity index (χ3n) is 3.27. The van der Waals surface area contributed by atoms with Gasteiger partial charge in [0.05, 0.1) is 5.92 Å². The third kappa shape index (κ3) is 3.82. The number of hydrogen-bond acceptors (Lipinski definition) is 2. The Balaban J connectivity index is 2.58. The highest BCUT2D eigenvalue weighted by molar-refractivity contribution is 5.70. The number of piperidine rings is 1. The highest BCUT2D eigenvalue weighted by Crippen LogP contribution is 2.28. The van der Waals surface area contributed by atoms with Gasteiger partial charge < -0.3 is 10.0 Å². The normalized spacial score (nSPS) is 25.5. The molecular formula is C12H23NO2. The number of hydrogen-bond donors (Lipinski definition) is 1. The molecule has 0 saturated carbocycles. The molecule has 1 N–H and O–H groups in total. The summed E-state index contributed by atoms with van der Waals surface area (Å²) in [6, 6.07) is 0. The standard InChI is InChI=1S/C12H23NO2/c1-9(2)7-11(12(14)15)10-5-4-6-13(3)8-10/h9-11H,4-8H2,1-3H3,(H,14,15). The van der Waals surface area contributed by atoms with Gasteiger partial charge >= 0.3 is 5.97 Å². The van der Waals surface area contributed by atoms with E-state index in [2.05, 4.69) is 25.8 Å². The molecule has 1 heterocycles. The van der Waals surface area contributed by atoms with Gasteiger partial charge in [0.15, 0.2) is 0 Å². The van der Waals surface area contributed by atoms with E-state index in [1.165, 1.54) is 0 Å². The average molecular weight is 213 g/mol. The van der Waals surface area contributed by atoms with Crippen molar-refractivity contribution in [2.24, 2.45) is 17.8 Å². The molecule has 2 unspecified atom stereocenters. The lowest BCUT2D eigenvalue weighted by Gasteiger charge is -2.33. The van der Waals surface area contributed by atoms with Crippen LogP contribution in [0.25, 0.3) is 0 Å². The molecule has 0 aromatic rings. The Morgan fingerprint density at radius 3 is 2.67 bits per heavy atom. The molecule has 0 aliphatic carbocycles. The highest BCUT2D eigenvalue weighted by Gasteiger charge is 2.31. The van der Waals surface area contributed by atoms with Crippen molar-refractivity contribution in [2.75, 3.05) is 20.1 Å². The molecule has 0 spiro atoms. The summed E-state index contributed by atoms with van der Waals surface area (Å²) < 4.78 is 0. The van der Waals surface area contributed by atoms with Crippen LogP contribution in [-0.4, -0.2) is 36.1 Å². The molecule has 1 saturated heterocycles. The Morgan fingerprint density at radius 1 is 1.53 bits per heavy atom. The molecule has 1 aliphatic heterocycles. The van der Waals surface area contributed by atoms with Crippen LogP contribution in [0.1, 0.15) is 33.1 Å². The van der Waals surface area contributed by atoms with E-state index in [1.54, 1.807) is 0 Å². The van der Waals surface area contributed by atoms with Crippen molar-refractivity contribution in [1.29, 1.82) is 0 Å². The van der Waals surface area contributed by atoms with E-state index < -0.39 is 5.97 Å². The second kappa shape index (κ2) is 5.50. The Hall–Kier alpha value is -0.570. The van der Waals surface area contributed by atoms with Crippen molar-refractivity contribution in [3.8, 4) is 0 Å². The number of carboxylic acids is 1. The van der Waals surface area contributed by atoms with Crippen LogP contribution in [0.2, 0.25) is 0 Å². The van der Waals surface area contributed by atoms with Crippen LogP contribution in [0.5, 0.6) is 0 Å². The van der Waals surface area contributed by atoms with Crippen molar-refractivity contribution in [2.45, 2.75) is 33.1 Å². The van der Waals surface area contributed by atoms with Gasteiger partial charge in [-0.3, -0.25) is 4.79 Å². The van der Waals surface area contributed by atoms with Crippen LogP contribution in [0.4, 0.5) is 0 Å². The Morgan fingerprint density at radius 2 is 2.20 bits per heavy atom. The average Bonchev–Trinajstić information content (AvgIpc) is 2.13. The Kier molecular flexibility index (Phi) is 4.58. The molecule has 0 bridgehead atoms. The molecular weight excluding hydrogens is 190 g/mol. The lowest BCUT2D eigenvalue weighted by molar-refractivity contribution is -0.145. The second-order valence-electron chi connectivity index (χ2n) is 5.24. The van der Waals surface area contributed by atoms with Crippen LogP contribution in [-0.2, 0) is 4.79 Å². The lowest BCUT2D eigenvalue weighted by Crippen LogP contribution is -2.38. The fourth-order valence-electron chi connectivity index (χ4n) is 2.54. The first-order valence-electron chi connectivity index (χ1n) is 5.92. The van der Waals surface area contributed by atoms with Gasteiger partial charge in [-0.25, -0.2) is 0 Å². The van der Waals surface area contributed by atoms with E-state index >= 15 is 0 Å². The molecule has 3 heteroatoms. The molecule has 0 aromatic carbocycles. The monoisotopic (exact) mass is 213 g/mol. The summed E-state index contributed by atoms with van der Waals surface area (Å²) in [6.45, 7) is 6.26. The zero-order valence-corrected chi connectivity index (χ0v) is 10.1. The number of nitrogens with zero attached hydrogens (tertiary/aromatic N) is 1. The van der Waals surface area contributed by atoms with Crippen LogP contribution in [0.3, 0.4) is 0 Å². The van der Waals surface area contributed by atoms with Gasteiger partial charge in [-0.2, -0.15) is 0 Å². The SMILES string of the molecule is CC(C)CC(C(=O)O)C1CCCN(C)C1. The molecule has 15 heavy (non-hydrogen) atoms. The van der Waals surface area contributed by atoms with E-state index in [1.807, 2.05) is 0 Å². The van der Waals surface area contributed by atoms with Crippen molar-refractivity contribution in [3.05, 3.63) is 0 Å². The quantitative estimate of drug-likeness (QED) is 0.777. The maximum absolute atomic E-state index is 11.2. The molecule has 0 radical (unpaired) electrons. The molecule has 2 atom stereocenters. The van der Waals surface area contributed by atoms with Gasteiger partial charge in [-0.1, -0.05) is 13.8 Å². The Labute approximate surface area is 92.5 Å². The molecule has 88 valence electrons.